The molecule has 0 spiro atoms. The van der Waals surface area contributed by atoms with E-state index in [1.165, 1.54) is 4.90 Å². The number of hydrogen-bond donors (Lipinski definition) is 0. The van der Waals surface area contributed by atoms with E-state index in [1.54, 1.807) is 53.4 Å². The number of anilines is 2. The van der Waals surface area contributed by atoms with Gasteiger partial charge in [-0.2, -0.15) is 0 Å². The van der Waals surface area contributed by atoms with Gasteiger partial charge in [-0.25, -0.2) is 9.18 Å². The van der Waals surface area contributed by atoms with Crippen LogP contribution >= 0.6 is 0 Å². The SMILES string of the molecule is O=C1c2ccccc2C(=O)N1CC1CN(c2ccc(N3CCOCC3F)cc2)C(=O)O1. The molecule has 2 fully saturated rings. The minimum Gasteiger partial charge on any atom is -0.442 e. The molecule has 31 heavy (non-hydrogen) atoms. The van der Waals surface area contributed by atoms with E-state index in [2.05, 4.69) is 0 Å². The van der Waals surface area contributed by atoms with E-state index >= 15 is 0 Å². The molecule has 0 aromatic heterocycles. The van der Waals surface area contributed by atoms with E-state index in [4.69, 9.17) is 9.47 Å². The average molecular weight is 425 g/mol. The lowest BCUT2D eigenvalue weighted by molar-refractivity contribution is 0.0497. The molecule has 0 radical (unpaired) electrons. The number of hydrogen-bond acceptors (Lipinski definition) is 6. The zero-order valence-corrected chi connectivity index (χ0v) is 16.6. The summed E-state index contributed by atoms with van der Waals surface area (Å²) in [5.41, 5.74) is 2.02. The van der Waals surface area contributed by atoms with Crippen molar-refractivity contribution in [2.45, 2.75) is 12.4 Å². The predicted octanol–water partition coefficient (Wildman–Crippen LogP) is 2.44. The summed E-state index contributed by atoms with van der Waals surface area (Å²) in [6, 6.07) is 13.6. The van der Waals surface area contributed by atoms with Gasteiger partial charge in [0.25, 0.3) is 11.8 Å². The van der Waals surface area contributed by atoms with Gasteiger partial charge >= 0.3 is 6.09 Å². The molecule has 9 heteroatoms. The number of fused-ring (bicyclic) bond motifs is 1. The summed E-state index contributed by atoms with van der Waals surface area (Å²) in [7, 11) is 0. The van der Waals surface area contributed by atoms with Crippen LogP contribution in [0.5, 0.6) is 0 Å². The molecule has 2 atom stereocenters. The van der Waals surface area contributed by atoms with Crippen LogP contribution in [0.2, 0.25) is 0 Å². The Labute approximate surface area is 177 Å². The van der Waals surface area contributed by atoms with Gasteiger partial charge < -0.3 is 14.4 Å². The molecular formula is C22H20FN3O5. The van der Waals surface area contributed by atoms with Gasteiger partial charge in [-0.1, -0.05) is 12.1 Å². The largest absolute Gasteiger partial charge is 0.442 e. The smallest absolute Gasteiger partial charge is 0.414 e. The van der Waals surface area contributed by atoms with E-state index < -0.39 is 18.5 Å². The number of cyclic esters (lactones) is 1. The van der Waals surface area contributed by atoms with E-state index in [0.717, 1.165) is 4.90 Å². The maximum absolute atomic E-state index is 14.1. The minimum absolute atomic E-state index is 0.00994. The number of nitrogens with zero attached hydrogens (tertiary/aromatic N) is 3. The van der Waals surface area contributed by atoms with Crippen molar-refractivity contribution in [2.75, 3.05) is 42.6 Å². The lowest BCUT2D eigenvalue weighted by Crippen LogP contribution is -2.42. The number of ether oxygens (including phenoxy) is 2. The highest BCUT2D eigenvalue weighted by molar-refractivity contribution is 6.21. The first-order chi connectivity index (χ1) is 15.0. The second kappa shape index (κ2) is 7.66. The molecule has 5 rings (SSSR count). The van der Waals surface area contributed by atoms with Crippen molar-refractivity contribution in [1.82, 2.24) is 4.90 Å². The fourth-order valence-electron chi connectivity index (χ4n) is 4.12. The number of carbonyl (C=O) groups excluding carboxylic acids is 3. The van der Waals surface area contributed by atoms with Crippen LogP contribution in [0.15, 0.2) is 48.5 Å². The van der Waals surface area contributed by atoms with Crippen molar-refractivity contribution in [3.8, 4) is 0 Å². The predicted molar refractivity (Wildman–Crippen MR) is 109 cm³/mol. The molecule has 0 saturated carbocycles. The van der Waals surface area contributed by atoms with Crippen molar-refractivity contribution in [2.24, 2.45) is 0 Å². The van der Waals surface area contributed by atoms with E-state index in [1.807, 2.05) is 0 Å². The highest BCUT2D eigenvalue weighted by Crippen LogP contribution is 2.28. The van der Waals surface area contributed by atoms with Gasteiger partial charge in [-0.15, -0.1) is 0 Å². The Morgan fingerprint density at radius 3 is 2.23 bits per heavy atom. The molecule has 160 valence electrons. The molecule has 2 unspecified atom stereocenters. The quantitative estimate of drug-likeness (QED) is 0.553. The van der Waals surface area contributed by atoms with Crippen LogP contribution in [-0.2, 0) is 9.47 Å². The first kappa shape index (κ1) is 19.5. The molecule has 2 saturated heterocycles. The number of halogens is 1. The number of benzene rings is 2. The van der Waals surface area contributed by atoms with Crippen molar-refractivity contribution in [1.29, 1.82) is 0 Å². The van der Waals surface area contributed by atoms with Crippen LogP contribution in [0.1, 0.15) is 20.7 Å². The maximum Gasteiger partial charge on any atom is 0.414 e. The van der Waals surface area contributed by atoms with Crippen molar-refractivity contribution >= 4 is 29.3 Å². The molecule has 2 aromatic rings. The molecule has 3 aliphatic rings. The first-order valence-electron chi connectivity index (χ1n) is 10.0. The summed E-state index contributed by atoms with van der Waals surface area (Å²) in [6.45, 7) is 1.13. The van der Waals surface area contributed by atoms with Crippen LogP contribution < -0.4 is 9.80 Å². The van der Waals surface area contributed by atoms with Crippen molar-refractivity contribution in [3.05, 3.63) is 59.7 Å². The van der Waals surface area contributed by atoms with Gasteiger partial charge in [0.2, 0.25) is 0 Å². The lowest BCUT2D eigenvalue weighted by atomic mass is 10.1. The number of rotatable bonds is 4. The molecular weight excluding hydrogens is 405 g/mol. The standard InChI is InChI=1S/C22H20FN3O5/c23-19-13-30-10-9-24(19)14-5-7-15(8-6-14)25-11-16(31-22(25)29)12-26-20(27)17-3-1-2-4-18(17)21(26)28/h1-8,16,19H,9-13H2. The summed E-state index contributed by atoms with van der Waals surface area (Å²) in [4.78, 5) is 41.7. The molecule has 8 nitrogen and oxygen atoms in total. The summed E-state index contributed by atoms with van der Waals surface area (Å²) in [6.07, 6.45) is -2.40. The average Bonchev–Trinajstić information content (AvgIpc) is 3.27. The summed E-state index contributed by atoms with van der Waals surface area (Å²) in [5.74, 6) is -0.767. The maximum atomic E-state index is 14.1. The monoisotopic (exact) mass is 425 g/mol. The summed E-state index contributed by atoms with van der Waals surface area (Å²) in [5, 5.41) is 0. The van der Waals surface area contributed by atoms with Gasteiger partial charge in [-0.3, -0.25) is 19.4 Å². The van der Waals surface area contributed by atoms with Gasteiger partial charge in [0, 0.05) is 17.9 Å². The van der Waals surface area contributed by atoms with E-state index in [9.17, 15) is 18.8 Å². The highest BCUT2D eigenvalue weighted by Gasteiger charge is 2.40. The third kappa shape index (κ3) is 3.40. The molecule has 0 N–H and O–H groups in total. The molecule has 3 aliphatic heterocycles. The van der Waals surface area contributed by atoms with Gasteiger partial charge in [0.05, 0.1) is 37.4 Å². The Hall–Kier alpha value is -3.46. The van der Waals surface area contributed by atoms with Crippen LogP contribution in [0.3, 0.4) is 0 Å². The fourth-order valence-corrected chi connectivity index (χ4v) is 4.12. The van der Waals surface area contributed by atoms with Gasteiger partial charge in [0.1, 0.15) is 6.10 Å². The normalized spacial score (nSPS) is 23.4. The number of amides is 3. The molecule has 0 aliphatic carbocycles. The van der Waals surface area contributed by atoms with Crippen LogP contribution in [-0.4, -0.2) is 68.1 Å². The topological polar surface area (TPSA) is 79.4 Å². The number of alkyl halides is 1. The zero-order chi connectivity index (χ0) is 21.5. The van der Waals surface area contributed by atoms with Crippen LogP contribution in [0.4, 0.5) is 20.6 Å². The van der Waals surface area contributed by atoms with E-state index in [-0.39, 0.29) is 31.5 Å². The second-order valence-corrected chi connectivity index (χ2v) is 7.60. The summed E-state index contributed by atoms with van der Waals surface area (Å²) < 4.78 is 24.6. The molecule has 2 aromatic carbocycles. The fraction of sp³-hybridized carbons (Fsp3) is 0.318. The number of carbonyl (C=O) groups is 3. The Morgan fingerprint density at radius 1 is 0.935 bits per heavy atom. The van der Waals surface area contributed by atoms with E-state index in [0.29, 0.717) is 35.7 Å². The third-order valence-corrected chi connectivity index (χ3v) is 5.70. The number of morpholine rings is 1. The van der Waals surface area contributed by atoms with Crippen LogP contribution in [0, 0.1) is 0 Å². The Kier molecular flexibility index (Phi) is 4.82. The highest BCUT2D eigenvalue weighted by atomic mass is 19.1. The summed E-state index contributed by atoms with van der Waals surface area (Å²) >= 11 is 0. The third-order valence-electron chi connectivity index (χ3n) is 5.70. The van der Waals surface area contributed by atoms with Crippen LogP contribution in [0.25, 0.3) is 0 Å². The minimum atomic E-state index is -1.21. The Bertz CT molecular complexity index is 1010. The second-order valence-electron chi connectivity index (χ2n) is 7.60. The van der Waals surface area contributed by atoms with Gasteiger partial charge in [-0.05, 0) is 36.4 Å². The zero-order valence-electron chi connectivity index (χ0n) is 16.6. The van der Waals surface area contributed by atoms with Crippen molar-refractivity contribution < 1.29 is 28.2 Å². The lowest BCUT2D eigenvalue weighted by Gasteiger charge is -2.32. The van der Waals surface area contributed by atoms with Crippen molar-refractivity contribution in [3.63, 3.8) is 0 Å². The number of imide groups is 1. The molecule has 3 heterocycles. The Balaban J connectivity index is 1.26. The molecule has 3 amide bonds. The van der Waals surface area contributed by atoms with Gasteiger partial charge in [0.15, 0.2) is 6.30 Å². The first-order valence-corrected chi connectivity index (χ1v) is 10.0. The molecule has 0 bridgehead atoms. The Morgan fingerprint density at radius 2 is 1.58 bits per heavy atom.